The standard InChI is InChI=1S/C14H20O/c15-14-9-5-4-8-13(14)11-10-12-6-2-1-3-7-12/h1-2,5,9-15H,3-4,6-8H2/b11-10+. The molecule has 82 valence electrons. The summed E-state index contributed by atoms with van der Waals surface area (Å²) in [5.41, 5.74) is 0. The lowest BCUT2D eigenvalue weighted by Gasteiger charge is -2.21. The molecule has 0 spiro atoms. The third kappa shape index (κ3) is 3.07. The van der Waals surface area contributed by atoms with E-state index in [9.17, 15) is 5.11 Å². The number of rotatable bonds is 2. The predicted octanol–water partition coefficient (Wildman–Crippen LogP) is 3.23. The lowest BCUT2D eigenvalue weighted by molar-refractivity contribution is 0.165. The van der Waals surface area contributed by atoms with E-state index in [1.165, 1.54) is 19.3 Å². The van der Waals surface area contributed by atoms with Crippen LogP contribution >= 0.6 is 0 Å². The molecule has 1 N–H and O–H groups in total. The first-order valence-electron chi connectivity index (χ1n) is 6.04. The molecule has 0 aliphatic heterocycles. The quantitative estimate of drug-likeness (QED) is 0.685. The topological polar surface area (TPSA) is 20.2 Å². The molecule has 0 fully saturated rings. The number of aliphatic hydroxyl groups is 1. The molecular formula is C14H20O. The maximum absolute atomic E-state index is 9.75. The summed E-state index contributed by atoms with van der Waals surface area (Å²) in [5.74, 6) is 1.05. The van der Waals surface area contributed by atoms with Crippen LogP contribution in [0.5, 0.6) is 0 Å². The Bertz CT molecular complexity index is 275. The zero-order chi connectivity index (χ0) is 10.5. The van der Waals surface area contributed by atoms with Gasteiger partial charge in [0.25, 0.3) is 0 Å². The van der Waals surface area contributed by atoms with Crippen LogP contribution in [0.1, 0.15) is 32.1 Å². The van der Waals surface area contributed by atoms with Crippen molar-refractivity contribution in [2.45, 2.75) is 38.2 Å². The largest absolute Gasteiger partial charge is 0.388 e. The van der Waals surface area contributed by atoms with E-state index >= 15 is 0 Å². The zero-order valence-electron chi connectivity index (χ0n) is 9.18. The molecule has 0 aromatic heterocycles. The Morgan fingerprint density at radius 2 is 1.87 bits per heavy atom. The highest BCUT2D eigenvalue weighted by molar-refractivity contribution is 5.07. The van der Waals surface area contributed by atoms with Gasteiger partial charge in [-0.1, -0.05) is 36.5 Å². The summed E-state index contributed by atoms with van der Waals surface area (Å²) in [7, 11) is 0. The molecule has 0 radical (unpaired) electrons. The van der Waals surface area contributed by atoms with Crippen molar-refractivity contribution in [1.82, 2.24) is 0 Å². The maximum atomic E-state index is 9.75. The molecule has 3 atom stereocenters. The van der Waals surface area contributed by atoms with Crippen LogP contribution in [-0.2, 0) is 0 Å². The Balaban J connectivity index is 1.87. The monoisotopic (exact) mass is 204 g/mol. The van der Waals surface area contributed by atoms with Gasteiger partial charge in [0.15, 0.2) is 0 Å². The van der Waals surface area contributed by atoms with Gasteiger partial charge < -0.3 is 5.11 Å². The van der Waals surface area contributed by atoms with Crippen molar-refractivity contribution in [3.63, 3.8) is 0 Å². The molecule has 1 heteroatoms. The summed E-state index contributed by atoms with van der Waals surface area (Å²) in [6.45, 7) is 0. The summed E-state index contributed by atoms with van der Waals surface area (Å²) >= 11 is 0. The van der Waals surface area contributed by atoms with Crippen LogP contribution in [0.25, 0.3) is 0 Å². The minimum atomic E-state index is -0.255. The average molecular weight is 204 g/mol. The highest BCUT2D eigenvalue weighted by atomic mass is 16.3. The number of hydrogen-bond acceptors (Lipinski definition) is 1. The number of hydrogen-bond donors (Lipinski definition) is 1. The van der Waals surface area contributed by atoms with E-state index in [2.05, 4.69) is 30.4 Å². The zero-order valence-corrected chi connectivity index (χ0v) is 9.18. The summed E-state index contributed by atoms with van der Waals surface area (Å²) in [4.78, 5) is 0. The molecule has 1 nitrogen and oxygen atoms in total. The Kier molecular flexibility index (Phi) is 3.79. The summed E-state index contributed by atoms with van der Waals surface area (Å²) in [6, 6.07) is 0. The highest BCUT2D eigenvalue weighted by Gasteiger charge is 2.16. The lowest BCUT2D eigenvalue weighted by Crippen LogP contribution is -2.18. The van der Waals surface area contributed by atoms with Gasteiger partial charge >= 0.3 is 0 Å². The summed E-state index contributed by atoms with van der Waals surface area (Å²) < 4.78 is 0. The van der Waals surface area contributed by atoms with Crippen molar-refractivity contribution >= 4 is 0 Å². The van der Waals surface area contributed by atoms with Crippen molar-refractivity contribution in [2.24, 2.45) is 11.8 Å². The average Bonchev–Trinajstić information content (AvgIpc) is 2.29. The van der Waals surface area contributed by atoms with Gasteiger partial charge in [-0.25, -0.2) is 0 Å². The number of aliphatic hydroxyl groups excluding tert-OH is 1. The second-order valence-electron chi connectivity index (χ2n) is 4.59. The van der Waals surface area contributed by atoms with Gasteiger partial charge in [-0.05, 0) is 38.0 Å². The molecule has 2 aliphatic carbocycles. The van der Waals surface area contributed by atoms with E-state index in [1.54, 1.807) is 0 Å². The van der Waals surface area contributed by atoms with Crippen LogP contribution in [0.2, 0.25) is 0 Å². The van der Waals surface area contributed by atoms with Crippen molar-refractivity contribution in [3.05, 3.63) is 36.5 Å². The van der Waals surface area contributed by atoms with Crippen molar-refractivity contribution < 1.29 is 5.11 Å². The van der Waals surface area contributed by atoms with E-state index in [0.717, 1.165) is 12.8 Å². The second kappa shape index (κ2) is 5.32. The van der Waals surface area contributed by atoms with Gasteiger partial charge in [0.05, 0.1) is 6.10 Å². The van der Waals surface area contributed by atoms with Crippen LogP contribution in [-0.4, -0.2) is 11.2 Å². The Morgan fingerprint density at radius 3 is 2.60 bits per heavy atom. The van der Waals surface area contributed by atoms with Crippen molar-refractivity contribution in [3.8, 4) is 0 Å². The minimum absolute atomic E-state index is 0.255. The molecule has 0 saturated carbocycles. The Labute approximate surface area is 92.2 Å². The van der Waals surface area contributed by atoms with Gasteiger partial charge in [0.2, 0.25) is 0 Å². The van der Waals surface area contributed by atoms with Crippen LogP contribution in [0, 0.1) is 11.8 Å². The maximum Gasteiger partial charge on any atom is 0.0783 e. The van der Waals surface area contributed by atoms with Crippen LogP contribution < -0.4 is 0 Å². The van der Waals surface area contributed by atoms with Gasteiger partial charge in [-0.15, -0.1) is 0 Å². The minimum Gasteiger partial charge on any atom is -0.388 e. The first kappa shape index (κ1) is 10.7. The Hall–Kier alpha value is -0.820. The molecule has 0 saturated heterocycles. The Morgan fingerprint density at radius 1 is 1.00 bits per heavy atom. The smallest absolute Gasteiger partial charge is 0.0783 e. The lowest BCUT2D eigenvalue weighted by atomic mass is 9.88. The highest BCUT2D eigenvalue weighted by Crippen LogP contribution is 2.24. The molecule has 2 rings (SSSR count). The third-order valence-electron chi connectivity index (χ3n) is 3.38. The molecule has 0 aromatic rings. The van der Waals surface area contributed by atoms with Crippen LogP contribution in [0.15, 0.2) is 36.5 Å². The third-order valence-corrected chi connectivity index (χ3v) is 3.38. The fraction of sp³-hybridized carbons (Fsp3) is 0.571. The fourth-order valence-electron chi connectivity index (χ4n) is 2.34. The van der Waals surface area contributed by atoms with Crippen molar-refractivity contribution in [1.29, 1.82) is 0 Å². The molecule has 0 aromatic carbocycles. The summed E-state index contributed by atoms with van der Waals surface area (Å²) in [6.07, 6.45) is 18.7. The first-order valence-corrected chi connectivity index (χ1v) is 6.04. The predicted molar refractivity (Wildman–Crippen MR) is 63.5 cm³/mol. The fourth-order valence-corrected chi connectivity index (χ4v) is 2.34. The molecule has 0 amide bonds. The first-order chi connectivity index (χ1) is 7.36. The van der Waals surface area contributed by atoms with Gasteiger partial charge in [0.1, 0.15) is 0 Å². The molecule has 15 heavy (non-hydrogen) atoms. The van der Waals surface area contributed by atoms with Gasteiger partial charge in [-0.3, -0.25) is 0 Å². The normalized spacial score (nSPS) is 36.2. The molecule has 0 heterocycles. The van der Waals surface area contributed by atoms with Crippen LogP contribution in [0.3, 0.4) is 0 Å². The van der Waals surface area contributed by atoms with Gasteiger partial charge in [0, 0.05) is 5.92 Å². The molecule has 2 aliphatic rings. The van der Waals surface area contributed by atoms with E-state index in [-0.39, 0.29) is 6.10 Å². The number of allylic oxidation sites excluding steroid dienone is 4. The van der Waals surface area contributed by atoms with E-state index in [1.807, 2.05) is 6.08 Å². The van der Waals surface area contributed by atoms with Gasteiger partial charge in [-0.2, -0.15) is 0 Å². The molecule has 3 unspecified atom stereocenters. The second-order valence-corrected chi connectivity index (χ2v) is 4.59. The molecular weight excluding hydrogens is 184 g/mol. The summed E-state index contributed by atoms with van der Waals surface area (Å²) in [5, 5.41) is 9.75. The van der Waals surface area contributed by atoms with Crippen molar-refractivity contribution in [2.75, 3.05) is 0 Å². The van der Waals surface area contributed by atoms with Crippen LogP contribution in [0.4, 0.5) is 0 Å². The van der Waals surface area contributed by atoms with E-state index in [4.69, 9.17) is 0 Å². The van der Waals surface area contributed by atoms with E-state index < -0.39 is 0 Å². The van der Waals surface area contributed by atoms with E-state index in [0.29, 0.717) is 11.8 Å². The molecule has 0 bridgehead atoms. The SMILES string of the molecule is OC1C=CCCC1/C=C/C1CC=CCC1.